The SMILES string of the molecule is COC(=O)C(Br)CNC(=O)c1ccc(Br)cc1O. The zero-order valence-corrected chi connectivity index (χ0v) is 12.6. The lowest BCUT2D eigenvalue weighted by Crippen LogP contribution is -2.33. The van der Waals surface area contributed by atoms with Crippen molar-refractivity contribution in [3.8, 4) is 5.75 Å². The van der Waals surface area contributed by atoms with Crippen LogP contribution in [0.5, 0.6) is 5.75 Å². The molecule has 1 atom stereocenters. The predicted octanol–water partition coefficient (Wildman–Crippen LogP) is 1.82. The zero-order chi connectivity index (χ0) is 13.7. The van der Waals surface area contributed by atoms with Crippen LogP contribution in [0, 0.1) is 0 Å². The van der Waals surface area contributed by atoms with Gasteiger partial charge in [-0.05, 0) is 18.2 Å². The summed E-state index contributed by atoms with van der Waals surface area (Å²) >= 11 is 6.25. The normalized spacial score (nSPS) is 11.7. The van der Waals surface area contributed by atoms with Crippen molar-refractivity contribution in [3.63, 3.8) is 0 Å². The van der Waals surface area contributed by atoms with Crippen LogP contribution in [0.25, 0.3) is 0 Å². The van der Waals surface area contributed by atoms with Gasteiger partial charge >= 0.3 is 5.97 Å². The molecule has 1 aromatic rings. The summed E-state index contributed by atoms with van der Waals surface area (Å²) < 4.78 is 5.17. The molecule has 5 nitrogen and oxygen atoms in total. The second kappa shape index (κ2) is 6.75. The first-order valence-electron chi connectivity index (χ1n) is 4.94. The molecule has 0 heterocycles. The molecule has 0 fully saturated rings. The number of phenols is 1. The number of esters is 1. The fraction of sp³-hybridized carbons (Fsp3) is 0.273. The van der Waals surface area contributed by atoms with Crippen molar-refractivity contribution in [1.82, 2.24) is 5.32 Å². The number of rotatable bonds is 4. The van der Waals surface area contributed by atoms with Crippen LogP contribution in [0.1, 0.15) is 10.4 Å². The maximum atomic E-state index is 11.7. The predicted molar refractivity (Wildman–Crippen MR) is 72.9 cm³/mol. The minimum absolute atomic E-state index is 0.0704. The van der Waals surface area contributed by atoms with E-state index in [1.165, 1.54) is 19.2 Å². The summed E-state index contributed by atoms with van der Waals surface area (Å²) in [5, 5.41) is 12.1. The van der Waals surface area contributed by atoms with Gasteiger partial charge in [0, 0.05) is 11.0 Å². The minimum Gasteiger partial charge on any atom is -0.507 e. The third kappa shape index (κ3) is 3.99. The molecule has 0 radical (unpaired) electrons. The molecule has 0 bridgehead atoms. The molecule has 18 heavy (non-hydrogen) atoms. The summed E-state index contributed by atoms with van der Waals surface area (Å²) in [4.78, 5) is 22.2. The number of aromatic hydroxyl groups is 1. The highest BCUT2D eigenvalue weighted by Crippen LogP contribution is 2.22. The van der Waals surface area contributed by atoms with Crippen molar-refractivity contribution in [2.45, 2.75) is 4.83 Å². The minimum atomic E-state index is -0.621. The number of halogens is 2. The monoisotopic (exact) mass is 379 g/mol. The van der Waals surface area contributed by atoms with E-state index >= 15 is 0 Å². The summed E-state index contributed by atoms with van der Waals surface area (Å²) in [5.41, 5.74) is 0.141. The van der Waals surface area contributed by atoms with E-state index in [2.05, 4.69) is 41.9 Å². The lowest BCUT2D eigenvalue weighted by atomic mass is 10.2. The van der Waals surface area contributed by atoms with E-state index in [9.17, 15) is 14.7 Å². The third-order valence-corrected chi connectivity index (χ3v) is 3.29. The van der Waals surface area contributed by atoms with Crippen LogP contribution in [-0.4, -0.2) is 35.5 Å². The summed E-state index contributed by atoms with van der Waals surface area (Å²) in [5.74, 6) is -1.07. The van der Waals surface area contributed by atoms with Crippen LogP contribution in [0.15, 0.2) is 22.7 Å². The van der Waals surface area contributed by atoms with Crippen molar-refractivity contribution in [2.24, 2.45) is 0 Å². The molecule has 0 aromatic heterocycles. The number of hydrogen-bond acceptors (Lipinski definition) is 4. The average Bonchev–Trinajstić information content (AvgIpc) is 2.34. The Bertz CT molecular complexity index is 464. The van der Waals surface area contributed by atoms with Gasteiger partial charge in [0.2, 0.25) is 0 Å². The Balaban J connectivity index is 2.63. The van der Waals surface area contributed by atoms with Crippen molar-refractivity contribution >= 4 is 43.7 Å². The van der Waals surface area contributed by atoms with Crippen molar-refractivity contribution in [3.05, 3.63) is 28.2 Å². The van der Waals surface area contributed by atoms with Crippen LogP contribution < -0.4 is 5.32 Å². The van der Waals surface area contributed by atoms with Gasteiger partial charge in [-0.1, -0.05) is 31.9 Å². The Morgan fingerprint density at radius 1 is 1.50 bits per heavy atom. The fourth-order valence-corrected chi connectivity index (χ4v) is 1.88. The summed E-state index contributed by atoms with van der Waals surface area (Å²) in [6.07, 6.45) is 0. The van der Waals surface area contributed by atoms with E-state index < -0.39 is 16.7 Å². The van der Waals surface area contributed by atoms with Crippen LogP contribution in [-0.2, 0) is 9.53 Å². The van der Waals surface area contributed by atoms with Crippen LogP contribution >= 0.6 is 31.9 Å². The molecular formula is C11H11Br2NO4. The largest absolute Gasteiger partial charge is 0.507 e. The van der Waals surface area contributed by atoms with Gasteiger partial charge in [0.1, 0.15) is 10.6 Å². The summed E-state index contributed by atoms with van der Waals surface area (Å²) in [6, 6.07) is 4.54. The van der Waals surface area contributed by atoms with Crippen LogP contribution in [0.3, 0.4) is 0 Å². The number of carbonyl (C=O) groups is 2. The second-order valence-corrected chi connectivity index (χ2v) is 5.38. The molecule has 7 heteroatoms. The molecule has 0 aliphatic heterocycles. The van der Waals surface area contributed by atoms with E-state index in [1.54, 1.807) is 6.07 Å². The second-order valence-electron chi connectivity index (χ2n) is 3.36. The third-order valence-electron chi connectivity index (χ3n) is 2.10. The molecule has 0 aliphatic rings. The molecule has 1 aromatic carbocycles. The first-order valence-corrected chi connectivity index (χ1v) is 6.65. The van der Waals surface area contributed by atoms with Gasteiger partial charge < -0.3 is 15.2 Å². The maximum absolute atomic E-state index is 11.7. The lowest BCUT2D eigenvalue weighted by molar-refractivity contribution is -0.139. The number of ether oxygens (including phenoxy) is 1. The fourth-order valence-electron chi connectivity index (χ4n) is 1.19. The highest BCUT2D eigenvalue weighted by Gasteiger charge is 2.17. The van der Waals surface area contributed by atoms with Gasteiger partial charge in [0.15, 0.2) is 0 Å². The van der Waals surface area contributed by atoms with Crippen LogP contribution in [0.2, 0.25) is 0 Å². The number of phenolic OH excluding ortho intramolecular Hbond substituents is 1. The molecule has 0 saturated heterocycles. The number of nitrogens with one attached hydrogen (secondary N) is 1. The average molecular weight is 381 g/mol. The van der Waals surface area contributed by atoms with Gasteiger partial charge in [0.25, 0.3) is 5.91 Å². The van der Waals surface area contributed by atoms with Crippen molar-refractivity contribution < 1.29 is 19.4 Å². The van der Waals surface area contributed by atoms with E-state index in [4.69, 9.17) is 0 Å². The van der Waals surface area contributed by atoms with Gasteiger partial charge in [0.05, 0.1) is 12.7 Å². The number of alkyl halides is 1. The van der Waals surface area contributed by atoms with E-state index in [1.807, 2.05) is 0 Å². The number of amides is 1. The number of methoxy groups -OCH3 is 1. The van der Waals surface area contributed by atoms with E-state index in [-0.39, 0.29) is 17.9 Å². The number of benzene rings is 1. The van der Waals surface area contributed by atoms with Gasteiger partial charge in [-0.2, -0.15) is 0 Å². The molecule has 0 saturated carbocycles. The first-order chi connectivity index (χ1) is 8.45. The maximum Gasteiger partial charge on any atom is 0.321 e. The molecule has 2 N–H and O–H groups in total. The highest BCUT2D eigenvalue weighted by atomic mass is 79.9. The Morgan fingerprint density at radius 2 is 2.17 bits per heavy atom. The van der Waals surface area contributed by atoms with Gasteiger partial charge in [-0.15, -0.1) is 0 Å². The smallest absolute Gasteiger partial charge is 0.321 e. The highest BCUT2D eigenvalue weighted by molar-refractivity contribution is 9.10. The molecule has 1 amide bonds. The van der Waals surface area contributed by atoms with Crippen molar-refractivity contribution in [2.75, 3.05) is 13.7 Å². The summed E-state index contributed by atoms with van der Waals surface area (Å²) in [7, 11) is 1.26. The number of carbonyl (C=O) groups excluding carboxylic acids is 2. The molecule has 0 aliphatic carbocycles. The molecule has 1 unspecified atom stereocenters. The first kappa shape index (κ1) is 15.0. The Labute approximate surface area is 121 Å². The lowest BCUT2D eigenvalue weighted by Gasteiger charge is -2.10. The topological polar surface area (TPSA) is 75.6 Å². The Morgan fingerprint density at radius 3 is 2.72 bits per heavy atom. The Kier molecular flexibility index (Phi) is 5.61. The van der Waals surface area contributed by atoms with E-state index in [0.29, 0.717) is 4.47 Å². The molecule has 98 valence electrons. The van der Waals surface area contributed by atoms with Crippen LogP contribution in [0.4, 0.5) is 0 Å². The Hall–Kier alpha value is -1.08. The standard InChI is InChI=1S/C11H11Br2NO4/c1-18-11(17)8(13)5-14-10(16)7-3-2-6(12)4-9(7)15/h2-4,8,15H,5H2,1H3,(H,14,16). The zero-order valence-electron chi connectivity index (χ0n) is 9.44. The quantitative estimate of drug-likeness (QED) is 0.617. The molecular weight excluding hydrogens is 370 g/mol. The molecule has 1 rings (SSSR count). The molecule has 0 spiro atoms. The van der Waals surface area contributed by atoms with Gasteiger partial charge in [-0.3, -0.25) is 9.59 Å². The van der Waals surface area contributed by atoms with Gasteiger partial charge in [-0.25, -0.2) is 0 Å². The summed E-state index contributed by atoms with van der Waals surface area (Å²) in [6.45, 7) is 0.0704. The van der Waals surface area contributed by atoms with E-state index in [0.717, 1.165) is 0 Å². The van der Waals surface area contributed by atoms with Crippen molar-refractivity contribution in [1.29, 1.82) is 0 Å². The number of hydrogen-bond donors (Lipinski definition) is 2.